The molecule has 0 saturated heterocycles. The fourth-order valence-corrected chi connectivity index (χ4v) is 3.92. The van der Waals surface area contributed by atoms with Crippen LogP contribution in [-0.2, 0) is 34.1 Å². The number of benzene rings is 2. The van der Waals surface area contributed by atoms with Crippen LogP contribution in [-0.4, -0.2) is 51.2 Å². The quantitative estimate of drug-likeness (QED) is 0.361. The van der Waals surface area contributed by atoms with E-state index in [1.54, 1.807) is 60.5 Å². The number of nitrogens with zero attached hydrogens (tertiary/aromatic N) is 1. The van der Waals surface area contributed by atoms with Crippen LogP contribution in [0.2, 0.25) is 0 Å². The van der Waals surface area contributed by atoms with Gasteiger partial charge >= 0.3 is 17.9 Å². The Morgan fingerprint density at radius 2 is 1.55 bits per heavy atom. The van der Waals surface area contributed by atoms with Gasteiger partial charge in [-0.25, -0.2) is 14.4 Å². The van der Waals surface area contributed by atoms with E-state index in [0.717, 1.165) is 0 Å². The first kappa shape index (κ1) is 23.6. The van der Waals surface area contributed by atoms with E-state index in [-0.39, 0.29) is 5.57 Å². The number of carbonyl (C=O) groups excluding carboxylic acids is 3. The summed E-state index contributed by atoms with van der Waals surface area (Å²) in [7, 11) is 5.33. The van der Waals surface area contributed by atoms with Crippen LogP contribution in [0.4, 0.5) is 0 Å². The van der Waals surface area contributed by atoms with Crippen LogP contribution >= 0.6 is 0 Å². The summed E-state index contributed by atoms with van der Waals surface area (Å²) >= 11 is 0. The summed E-state index contributed by atoms with van der Waals surface area (Å²) in [6, 6.07) is 15.1. The van der Waals surface area contributed by atoms with Crippen molar-refractivity contribution in [3.63, 3.8) is 0 Å². The first-order valence-electron chi connectivity index (χ1n) is 10.1. The summed E-state index contributed by atoms with van der Waals surface area (Å²) in [5.41, 5.74) is -0.117. The van der Waals surface area contributed by atoms with Gasteiger partial charge in [0, 0.05) is 12.3 Å². The SMILES string of the molecule is COC(=O)/C=C/N1[C@@H](c2ccc(OC)cc2)C(C(=O)OC)=C[C@]1(C(=O)OC)c1ccccc1. The topological polar surface area (TPSA) is 91.4 Å². The molecule has 0 unspecified atom stereocenters. The third-order valence-corrected chi connectivity index (χ3v) is 5.48. The highest BCUT2D eigenvalue weighted by atomic mass is 16.5. The average molecular weight is 451 g/mol. The minimum atomic E-state index is -1.55. The molecule has 0 spiro atoms. The highest BCUT2D eigenvalue weighted by Gasteiger charge is 2.54. The lowest BCUT2D eigenvalue weighted by Crippen LogP contribution is -2.47. The summed E-state index contributed by atoms with van der Waals surface area (Å²) in [6.45, 7) is 0. The molecule has 0 saturated carbocycles. The Labute approximate surface area is 192 Å². The van der Waals surface area contributed by atoms with Crippen molar-refractivity contribution in [3.05, 3.63) is 89.6 Å². The van der Waals surface area contributed by atoms with E-state index >= 15 is 0 Å². The van der Waals surface area contributed by atoms with Crippen LogP contribution in [0.5, 0.6) is 5.75 Å². The monoisotopic (exact) mass is 451 g/mol. The van der Waals surface area contributed by atoms with Crippen molar-refractivity contribution in [2.24, 2.45) is 0 Å². The molecule has 2 atom stereocenters. The Balaban J connectivity index is 2.32. The van der Waals surface area contributed by atoms with Crippen LogP contribution in [0.3, 0.4) is 0 Å². The van der Waals surface area contributed by atoms with E-state index in [2.05, 4.69) is 0 Å². The molecule has 0 N–H and O–H groups in total. The summed E-state index contributed by atoms with van der Waals surface area (Å²) in [5, 5.41) is 0. The van der Waals surface area contributed by atoms with Crippen molar-refractivity contribution < 1.29 is 33.3 Å². The molecule has 1 heterocycles. The van der Waals surface area contributed by atoms with Gasteiger partial charge in [-0.3, -0.25) is 0 Å². The first-order chi connectivity index (χ1) is 15.9. The zero-order valence-electron chi connectivity index (χ0n) is 18.8. The Bertz CT molecular complexity index is 1080. The molecule has 0 amide bonds. The lowest BCUT2D eigenvalue weighted by molar-refractivity contribution is -0.151. The maximum Gasteiger partial charge on any atom is 0.340 e. The Morgan fingerprint density at radius 1 is 0.879 bits per heavy atom. The standard InChI is InChI=1S/C25H25NO7/c1-30-19-12-10-17(11-13-19)22-20(23(28)32-3)16-25(24(29)33-4,18-8-6-5-7-9-18)26(22)15-14-21(27)31-2/h5-16,22H,1-4H3/b15-14+/t22-,25+/m0/s1. The number of methoxy groups -OCH3 is 4. The van der Waals surface area contributed by atoms with Crippen LogP contribution in [0, 0.1) is 0 Å². The van der Waals surface area contributed by atoms with E-state index in [1.807, 2.05) is 6.07 Å². The predicted molar refractivity (Wildman–Crippen MR) is 119 cm³/mol. The second kappa shape index (κ2) is 10.0. The van der Waals surface area contributed by atoms with E-state index in [9.17, 15) is 14.4 Å². The molecule has 8 nitrogen and oxygen atoms in total. The van der Waals surface area contributed by atoms with Crippen molar-refractivity contribution in [2.75, 3.05) is 28.4 Å². The van der Waals surface area contributed by atoms with Crippen molar-refractivity contribution in [1.29, 1.82) is 0 Å². The summed E-state index contributed by atoms with van der Waals surface area (Å²) in [5.74, 6) is -1.25. The molecule has 0 bridgehead atoms. The third kappa shape index (κ3) is 4.32. The smallest absolute Gasteiger partial charge is 0.340 e. The van der Waals surface area contributed by atoms with Gasteiger partial charge in [-0.05, 0) is 29.3 Å². The Hall–Kier alpha value is -4.07. The van der Waals surface area contributed by atoms with Gasteiger partial charge in [-0.15, -0.1) is 0 Å². The van der Waals surface area contributed by atoms with Crippen molar-refractivity contribution >= 4 is 17.9 Å². The van der Waals surface area contributed by atoms with Crippen molar-refractivity contribution in [3.8, 4) is 5.75 Å². The molecule has 0 aliphatic carbocycles. The summed E-state index contributed by atoms with van der Waals surface area (Å²) < 4.78 is 20.2. The lowest BCUT2D eigenvalue weighted by atomic mass is 9.89. The van der Waals surface area contributed by atoms with Crippen molar-refractivity contribution in [1.82, 2.24) is 4.90 Å². The molecule has 1 aliphatic heterocycles. The van der Waals surface area contributed by atoms with Crippen LogP contribution < -0.4 is 4.74 Å². The molecule has 2 aromatic rings. The lowest BCUT2D eigenvalue weighted by Gasteiger charge is -2.39. The number of carbonyl (C=O) groups is 3. The van der Waals surface area contributed by atoms with E-state index in [1.165, 1.54) is 39.7 Å². The maximum absolute atomic E-state index is 13.4. The minimum absolute atomic E-state index is 0.214. The molecule has 3 rings (SSSR count). The number of ether oxygens (including phenoxy) is 4. The maximum atomic E-state index is 13.4. The normalized spacial score (nSPS) is 19.7. The van der Waals surface area contributed by atoms with Gasteiger partial charge in [0.05, 0.1) is 40.1 Å². The van der Waals surface area contributed by atoms with Crippen LogP contribution in [0.15, 0.2) is 78.5 Å². The number of hydrogen-bond acceptors (Lipinski definition) is 8. The van der Waals surface area contributed by atoms with Gasteiger partial charge in [0.2, 0.25) is 0 Å². The molecule has 1 aliphatic rings. The van der Waals surface area contributed by atoms with Gasteiger partial charge < -0.3 is 23.8 Å². The van der Waals surface area contributed by atoms with Gasteiger partial charge in [-0.2, -0.15) is 0 Å². The number of hydrogen-bond donors (Lipinski definition) is 0. The molecular formula is C25H25NO7. The van der Waals surface area contributed by atoms with Crippen LogP contribution in [0.25, 0.3) is 0 Å². The second-order valence-electron chi connectivity index (χ2n) is 7.14. The fraction of sp³-hybridized carbons (Fsp3) is 0.240. The highest BCUT2D eigenvalue weighted by Crippen LogP contribution is 2.49. The molecule has 0 radical (unpaired) electrons. The molecule has 0 fully saturated rings. The second-order valence-corrected chi connectivity index (χ2v) is 7.14. The minimum Gasteiger partial charge on any atom is -0.497 e. The van der Waals surface area contributed by atoms with E-state index in [4.69, 9.17) is 18.9 Å². The molecule has 33 heavy (non-hydrogen) atoms. The van der Waals surface area contributed by atoms with Gasteiger partial charge in [0.15, 0.2) is 5.54 Å². The molecule has 172 valence electrons. The highest BCUT2D eigenvalue weighted by molar-refractivity contribution is 5.96. The summed E-state index contributed by atoms with van der Waals surface area (Å²) in [6.07, 6.45) is 4.14. The molecular weight excluding hydrogens is 426 g/mol. The third-order valence-electron chi connectivity index (χ3n) is 5.48. The summed E-state index contributed by atoms with van der Waals surface area (Å²) in [4.78, 5) is 39.8. The van der Waals surface area contributed by atoms with Gasteiger partial charge in [0.1, 0.15) is 5.75 Å². The van der Waals surface area contributed by atoms with Gasteiger partial charge in [-0.1, -0.05) is 42.5 Å². The van der Waals surface area contributed by atoms with Crippen LogP contribution in [0.1, 0.15) is 17.2 Å². The zero-order valence-corrected chi connectivity index (χ0v) is 18.8. The Kier molecular flexibility index (Phi) is 7.17. The molecule has 2 aromatic carbocycles. The zero-order chi connectivity index (χ0) is 24.0. The largest absolute Gasteiger partial charge is 0.497 e. The van der Waals surface area contributed by atoms with E-state index < -0.39 is 29.5 Å². The molecule has 8 heteroatoms. The number of esters is 3. The number of rotatable bonds is 7. The molecule has 0 aromatic heterocycles. The average Bonchev–Trinajstić information content (AvgIpc) is 3.22. The Morgan fingerprint density at radius 3 is 2.09 bits per heavy atom. The first-order valence-corrected chi connectivity index (χ1v) is 10.1. The van der Waals surface area contributed by atoms with E-state index in [0.29, 0.717) is 16.9 Å². The fourth-order valence-electron chi connectivity index (χ4n) is 3.92. The van der Waals surface area contributed by atoms with Crippen molar-refractivity contribution in [2.45, 2.75) is 11.6 Å². The van der Waals surface area contributed by atoms with Gasteiger partial charge in [0.25, 0.3) is 0 Å². The predicted octanol–water partition coefficient (Wildman–Crippen LogP) is 2.91.